The van der Waals surface area contributed by atoms with Crippen molar-refractivity contribution in [3.05, 3.63) is 34.3 Å². The Bertz CT molecular complexity index is 826. The average molecular weight is 355 g/mol. The van der Waals surface area contributed by atoms with Crippen molar-refractivity contribution in [3.63, 3.8) is 0 Å². The van der Waals surface area contributed by atoms with Crippen molar-refractivity contribution in [3.8, 4) is 0 Å². The van der Waals surface area contributed by atoms with Gasteiger partial charge in [0.25, 0.3) is 5.91 Å². The molecule has 1 unspecified atom stereocenters. The Balaban J connectivity index is 1.81. The number of rotatable bonds is 4. The molecule has 1 atom stereocenters. The zero-order valence-electron chi connectivity index (χ0n) is 12.8. The van der Waals surface area contributed by atoms with Crippen molar-refractivity contribution in [2.24, 2.45) is 0 Å². The van der Waals surface area contributed by atoms with E-state index in [2.05, 4.69) is 14.7 Å². The Morgan fingerprint density at radius 2 is 2.30 bits per heavy atom. The van der Waals surface area contributed by atoms with E-state index in [0.29, 0.717) is 18.8 Å². The number of aryl methyl sites for hydroxylation is 1. The highest BCUT2D eigenvalue weighted by molar-refractivity contribution is 7.88. The average Bonchev–Trinajstić information content (AvgIpc) is 3.11. The lowest BCUT2D eigenvalue weighted by atomic mass is 10.1. The number of fused-ring (bicyclic) bond motifs is 1. The molecule has 3 rings (SSSR count). The quantitative estimate of drug-likeness (QED) is 0.856. The molecule has 1 aliphatic heterocycles. The van der Waals surface area contributed by atoms with Crippen LogP contribution in [0.4, 0.5) is 0 Å². The van der Waals surface area contributed by atoms with Crippen LogP contribution in [0.5, 0.6) is 0 Å². The molecule has 10 heteroatoms. The van der Waals surface area contributed by atoms with Crippen LogP contribution in [0.2, 0.25) is 0 Å². The van der Waals surface area contributed by atoms with Gasteiger partial charge in [-0.2, -0.15) is 0 Å². The molecular weight excluding hydrogens is 338 g/mol. The molecule has 0 saturated carbocycles. The Hall–Kier alpha value is -1.78. The maximum absolute atomic E-state index is 12.6. The highest BCUT2D eigenvalue weighted by atomic mass is 32.2. The predicted octanol–water partition coefficient (Wildman–Crippen LogP) is 0.394. The smallest absolute Gasteiger partial charge is 0.273 e. The molecule has 1 amide bonds. The number of amides is 1. The first-order valence-corrected chi connectivity index (χ1v) is 9.77. The van der Waals surface area contributed by atoms with Gasteiger partial charge >= 0.3 is 0 Å². The molecule has 0 aliphatic carbocycles. The zero-order chi connectivity index (χ0) is 16.6. The van der Waals surface area contributed by atoms with Crippen LogP contribution < -0.4 is 4.72 Å². The van der Waals surface area contributed by atoms with E-state index in [1.165, 1.54) is 11.3 Å². The van der Waals surface area contributed by atoms with Gasteiger partial charge in [-0.1, -0.05) is 0 Å². The highest BCUT2D eigenvalue weighted by Crippen LogP contribution is 2.22. The fourth-order valence-electron chi connectivity index (χ4n) is 2.57. The molecule has 3 heterocycles. The van der Waals surface area contributed by atoms with Gasteiger partial charge < -0.3 is 9.47 Å². The van der Waals surface area contributed by atoms with E-state index in [4.69, 9.17) is 0 Å². The topological polar surface area (TPSA) is 97.2 Å². The summed E-state index contributed by atoms with van der Waals surface area (Å²) >= 11 is 1.43. The van der Waals surface area contributed by atoms with E-state index < -0.39 is 10.0 Å². The number of imidazole rings is 1. The van der Waals surface area contributed by atoms with Gasteiger partial charge in [-0.15, -0.1) is 11.3 Å². The Kier molecular flexibility index (Phi) is 4.21. The summed E-state index contributed by atoms with van der Waals surface area (Å²) < 4.78 is 27.1. The first kappa shape index (κ1) is 16.1. The molecule has 8 nitrogen and oxygen atoms in total. The number of carbonyl (C=O) groups excluding carboxylic acids is 1. The van der Waals surface area contributed by atoms with Crippen LogP contribution in [0.15, 0.2) is 17.9 Å². The molecule has 0 fully saturated rings. The monoisotopic (exact) mass is 355 g/mol. The van der Waals surface area contributed by atoms with Gasteiger partial charge in [0.1, 0.15) is 5.69 Å². The minimum Gasteiger partial charge on any atom is -0.329 e. The Morgan fingerprint density at radius 3 is 2.96 bits per heavy atom. The van der Waals surface area contributed by atoms with E-state index in [9.17, 15) is 13.2 Å². The molecule has 2 aromatic rings. The number of sulfonamides is 1. The SMILES string of the molecule is Cc1nc(C(=O)N2Cc3cncn3C(CNS(C)(=O)=O)C2)cs1. The minimum absolute atomic E-state index is 0.147. The first-order chi connectivity index (χ1) is 10.8. The van der Waals surface area contributed by atoms with E-state index >= 15 is 0 Å². The molecule has 1 aliphatic rings. The third-order valence-corrected chi connectivity index (χ3v) is 5.09. The van der Waals surface area contributed by atoms with Crippen LogP contribution in [-0.2, 0) is 16.6 Å². The number of aromatic nitrogens is 3. The number of thiazole rings is 1. The third-order valence-electron chi connectivity index (χ3n) is 3.63. The van der Waals surface area contributed by atoms with Gasteiger partial charge in [0.05, 0.1) is 35.9 Å². The predicted molar refractivity (Wildman–Crippen MR) is 85.7 cm³/mol. The highest BCUT2D eigenvalue weighted by Gasteiger charge is 2.29. The summed E-state index contributed by atoms with van der Waals surface area (Å²) in [6.45, 7) is 2.90. The molecule has 2 aromatic heterocycles. The van der Waals surface area contributed by atoms with Crippen LogP contribution in [-0.4, -0.2) is 53.1 Å². The van der Waals surface area contributed by atoms with E-state index in [0.717, 1.165) is 17.0 Å². The van der Waals surface area contributed by atoms with Gasteiger partial charge in [-0.25, -0.2) is 23.1 Å². The molecule has 0 spiro atoms. The fraction of sp³-hybridized carbons (Fsp3) is 0.462. The molecule has 0 radical (unpaired) electrons. The van der Waals surface area contributed by atoms with E-state index in [1.54, 1.807) is 22.8 Å². The molecule has 23 heavy (non-hydrogen) atoms. The Morgan fingerprint density at radius 1 is 1.52 bits per heavy atom. The second-order valence-corrected chi connectivity index (χ2v) is 8.40. The van der Waals surface area contributed by atoms with Crippen molar-refractivity contribution >= 4 is 27.3 Å². The minimum atomic E-state index is -3.29. The van der Waals surface area contributed by atoms with E-state index in [1.807, 2.05) is 11.5 Å². The van der Waals surface area contributed by atoms with Gasteiger partial charge in [0.2, 0.25) is 10.0 Å². The normalized spacial score (nSPS) is 18.0. The zero-order valence-corrected chi connectivity index (χ0v) is 14.4. The van der Waals surface area contributed by atoms with Gasteiger partial charge in [0, 0.05) is 24.7 Å². The summed E-state index contributed by atoms with van der Waals surface area (Å²) in [6, 6.07) is -0.195. The molecule has 124 valence electrons. The maximum Gasteiger partial charge on any atom is 0.273 e. The van der Waals surface area contributed by atoms with Crippen LogP contribution in [0.1, 0.15) is 27.2 Å². The number of nitrogens with one attached hydrogen (secondary N) is 1. The third kappa shape index (κ3) is 3.59. The summed E-state index contributed by atoms with van der Waals surface area (Å²) in [6.07, 6.45) is 4.48. The van der Waals surface area contributed by atoms with Crippen molar-refractivity contribution in [1.82, 2.24) is 24.2 Å². The largest absolute Gasteiger partial charge is 0.329 e. The molecule has 0 bridgehead atoms. The second kappa shape index (κ2) is 6.02. The van der Waals surface area contributed by atoms with Crippen LogP contribution in [0.3, 0.4) is 0 Å². The van der Waals surface area contributed by atoms with Crippen LogP contribution in [0.25, 0.3) is 0 Å². The van der Waals surface area contributed by atoms with Crippen LogP contribution >= 0.6 is 11.3 Å². The number of hydrogen-bond donors (Lipinski definition) is 1. The number of carbonyl (C=O) groups is 1. The maximum atomic E-state index is 12.6. The second-order valence-electron chi connectivity index (χ2n) is 5.50. The van der Waals surface area contributed by atoms with E-state index in [-0.39, 0.29) is 18.5 Å². The van der Waals surface area contributed by atoms with Crippen LogP contribution in [0, 0.1) is 6.92 Å². The molecule has 1 N–H and O–H groups in total. The summed E-state index contributed by atoms with van der Waals surface area (Å²) in [7, 11) is -3.29. The lowest BCUT2D eigenvalue weighted by molar-refractivity contribution is 0.0675. The summed E-state index contributed by atoms with van der Waals surface area (Å²) in [5.74, 6) is -0.147. The number of hydrogen-bond acceptors (Lipinski definition) is 6. The number of nitrogens with zero attached hydrogens (tertiary/aromatic N) is 4. The molecular formula is C13H17N5O3S2. The fourth-order valence-corrected chi connectivity index (χ4v) is 3.66. The van der Waals surface area contributed by atoms with Crippen molar-refractivity contribution < 1.29 is 13.2 Å². The van der Waals surface area contributed by atoms with Gasteiger partial charge in [-0.3, -0.25) is 4.79 Å². The molecule has 0 saturated heterocycles. The summed E-state index contributed by atoms with van der Waals surface area (Å²) in [5.41, 5.74) is 1.30. The summed E-state index contributed by atoms with van der Waals surface area (Å²) in [5, 5.41) is 2.58. The lowest BCUT2D eigenvalue weighted by Crippen LogP contribution is -2.44. The van der Waals surface area contributed by atoms with Crippen molar-refractivity contribution in [2.75, 3.05) is 19.3 Å². The molecule has 0 aromatic carbocycles. The summed E-state index contributed by atoms with van der Waals surface area (Å²) in [4.78, 5) is 22.6. The lowest BCUT2D eigenvalue weighted by Gasteiger charge is -2.34. The van der Waals surface area contributed by atoms with Crippen molar-refractivity contribution in [2.45, 2.75) is 19.5 Å². The first-order valence-electron chi connectivity index (χ1n) is 7.00. The van der Waals surface area contributed by atoms with Gasteiger partial charge in [0.15, 0.2) is 0 Å². The van der Waals surface area contributed by atoms with Gasteiger partial charge in [-0.05, 0) is 6.92 Å². The Labute approximate surface area is 138 Å². The standard InChI is InChI=1S/C13H17N5O3S2/c1-9-16-12(7-22-9)13(19)17-5-10-3-14-8-18(10)11(6-17)4-15-23(2,20)21/h3,7-8,11,15H,4-6H2,1-2H3. The van der Waals surface area contributed by atoms with Crippen molar-refractivity contribution in [1.29, 1.82) is 0 Å².